The Morgan fingerprint density at radius 2 is 1.76 bits per heavy atom. The van der Waals surface area contributed by atoms with Crippen LogP contribution in [0.4, 0.5) is 0 Å². The highest BCUT2D eigenvalue weighted by Gasteiger charge is 2.40. The zero-order chi connectivity index (χ0) is 11.7. The van der Waals surface area contributed by atoms with E-state index in [0.29, 0.717) is 6.61 Å². The summed E-state index contributed by atoms with van der Waals surface area (Å²) in [7, 11) is 0. The molecule has 2 nitrogen and oxygen atoms in total. The first-order valence-electron chi connectivity index (χ1n) is 7.68. The first-order chi connectivity index (χ1) is 8.33. The van der Waals surface area contributed by atoms with Crippen molar-refractivity contribution in [3.63, 3.8) is 0 Å². The first kappa shape index (κ1) is 12.0. The number of aliphatic hydroxyl groups excluding tert-OH is 1. The van der Waals surface area contributed by atoms with Gasteiger partial charge in [-0.15, -0.1) is 0 Å². The van der Waals surface area contributed by atoms with Crippen LogP contribution in [0, 0.1) is 11.3 Å². The second-order valence-corrected chi connectivity index (χ2v) is 6.74. The van der Waals surface area contributed by atoms with E-state index in [0.717, 1.165) is 12.0 Å². The molecular formula is C15H27NO. The molecule has 3 fully saturated rings. The molecule has 0 aromatic carbocycles. The molecule has 0 radical (unpaired) electrons. The third kappa shape index (κ3) is 2.26. The number of hydrogen-bond acceptors (Lipinski definition) is 2. The van der Waals surface area contributed by atoms with Gasteiger partial charge in [0.2, 0.25) is 0 Å². The van der Waals surface area contributed by atoms with E-state index >= 15 is 0 Å². The Bertz CT molecular complexity index is 260. The van der Waals surface area contributed by atoms with Crippen molar-refractivity contribution in [2.45, 2.75) is 63.8 Å². The molecule has 2 aliphatic carbocycles. The van der Waals surface area contributed by atoms with E-state index in [-0.39, 0.29) is 5.41 Å². The van der Waals surface area contributed by atoms with Crippen molar-refractivity contribution in [1.82, 2.24) is 4.90 Å². The average molecular weight is 237 g/mol. The minimum atomic E-state index is 0.268. The summed E-state index contributed by atoms with van der Waals surface area (Å²) in [5.41, 5.74) is 0.268. The predicted molar refractivity (Wildman–Crippen MR) is 69.9 cm³/mol. The molecule has 0 amide bonds. The molecule has 2 atom stereocenters. The summed E-state index contributed by atoms with van der Waals surface area (Å²) < 4.78 is 0. The van der Waals surface area contributed by atoms with E-state index < -0.39 is 0 Å². The lowest BCUT2D eigenvalue weighted by atomic mass is 9.83. The summed E-state index contributed by atoms with van der Waals surface area (Å²) in [6.07, 6.45) is 12.4. The van der Waals surface area contributed by atoms with E-state index in [1.165, 1.54) is 70.9 Å². The SMILES string of the molecule is OCC1(CN2CCCC3CCCC32)CCCC1. The van der Waals surface area contributed by atoms with Gasteiger partial charge in [-0.25, -0.2) is 0 Å². The minimum absolute atomic E-state index is 0.268. The fraction of sp³-hybridized carbons (Fsp3) is 1.00. The Morgan fingerprint density at radius 3 is 2.53 bits per heavy atom. The highest BCUT2D eigenvalue weighted by Crippen LogP contribution is 2.42. The fourth-order valence-electron chi connectivity index (χ4n) is 4.68. The van der Waals surface area contributed by atoms with Crippen LogP contribution in [-0.2, 0) is 0 Å². The minimum Gasteiger partial charge on any atom is -0.396 e. The molecule has 0 bridgehead atoms. The topological polar surface area (TPSA) is 23.5 Å². The molecule has 1 heterocycles. The van der Waals surface area contributed by atoms with E-state index in [4.69, 9.17) is 0 Å². The summed E-state index contributed by atoms with van der Waals surface area (Å²) in [4.78, 5) is 2.75. The number of likely N-dealkylation sites (tertiary alicyclic amines) is 1. The van der Waals surface area contributed by atoms with Gasteiger partial charge in [-0.05, 0) is 51.0 Å². The Kier molecular flexibility index (Phi) is 3.45. The molecular weight excluding hydrogens is 210 g/mol. The predicted octanol–water partition coefficient (Wildman–Crippen LogP) is 2.80. The molecule has 3 aliphatic rings. The first-order valence-corrected chi connectivity index (χ1v) is 7.68. The lowest BCUT2D eigenvalue weighted by molar-refractivity contribution is 0.0293. The maximum absolute atomic E-state index is 9.76. The number of rotatable bonds is 3. The van der Waals surface area contributed by atoms with Crippen molar-refractivity contribution >= 4 is 0 Å². The van der Waals surface area contributed by atoms with Crippen LogP contribution >= 0.6 is 0 Å². The summed E-state index contributed by atoms with van der Waals surface area (Å²) in [5.74, 6) is 0.987. The second kappa shape index (κ2) is 4.89. The largest absolute Gasteiger partial charge is 0.396 e. The number of fused-ring (bicyclic) bond motifs is 1. The molecule has 1 aliphatic heterocycles. The van der Waals surface area contributed by atoms with E-state index in [1.54, 1.807) is 0 Å². The third-order valence-corrected chi connectivity index (χ3v) is 5.65. The quantitative estimate of drug-likeness (QED) is 0.816. The second-order valence-electron chi connectivity index (χ2n) is 6.74. The lowest BCUT2D eigenvalue weighted by Gasteiger charge is -2.42. The Balaban J connectivity index is 1.66. The van der Waals surface area contributed by atoms with Crippen LogP contribution in [0.15, 0.2) is 0 Å². The standard InChI is InChI=1S/C15H27NO/c17-12-15(8-1-2-9-15)11-16-10-4-6-13-5-3-7-14(13)16/h13-14,17H,1-12H2. The molecule has 2 saturated carbocycles. The average Bonchev–Trinajstić information content (AvgIpc) is 2.98. The summed E-state index contributed by atoms with van der Waals surface area (Å²) >= 11 is 0. The van der Waals surface area contributed by atoms with Crippen molar-refractivity contribution in [3.05, 3.63) is 0 Å². The van der Waals surface area contributed by atoms with Crippen molar-refractivity contribution in [3.8, 4) is 0 Å². The van der Waals surface area contributed by atoms with Crippen LogP contribution in [0.3, 0.4) is 0 Å². The highest BCUT2D eigenvalue weighted by molar-refractivity contribution is 4.94. The molecule has 98 valence electrons. The summed E-state index contributed by atoms with van der Waals surface area (Å²) in [5, 5.41) is 9.76. The molecule has 1 N–H and O–H groups in total. The van der Waals surface area contributed by atoms with Crippen molar-refractivity contribution in [2.75, 3.05) is 19.7 Å². The molecule has 2 unspecified atom stereocenters. The fourth-order valence-corrected chi connectivity index (χ4v) is 4.68. The molecule has 0 aromatic rings. The van der Waals surface area contributed by atoms with Gasteiger partial charge >= 0.3 is 0 Å². The van der Waals surface area contributed by atoms with Crippen molar-refractivity contribution in [2.24, 2.45) is 11.3 Å². The maximum atomic E-state index is 9.76. The normalized spacial score (nSPS) is 37.2. The Morgan fingerprint density at radius 1 is 1.00 bits per heavy atom. The number of piperidine rings is 1. The van der Waals surface area contributed by atoms with Gasteiger partial charge in [0.25, 0.3) is 0 Å². The molecule has 2 heteroatoms. The van der Waals surface area contributed by atoms with Crippen LogP contribution in [0.5, 0.6) is 0 Å². The van der Waals surface area contributed by atoms with E-state index in [1.807, 2.05) is 0 Å². The Labute approximate surface area is 105 Å². The van der Waals surface area contributed by atoms with Gasteiger partial charge in [0, 0.05) is 24.6 Å². The molecule has 3 rings (SSSR count). The molecule has 1 saturated heterocycles. The van der Waals surface area contributed by atoms with Gasteiger partial charge in [-0.1, -0.05) is 19.3 Å². The lowest BCUT2D eigenvalue weighted by Crippen LogP contribution is -2.48. The highest BCUT2D eigenvalue weighted by atomic mass is 16.3. The van der Waals surface area contributed by atoms with Crippen molar-refractivity contribution in [1.29, 1.82) is 0 Å². The maximum Gasteiger partial charge on any atom is 0.0499 e. The van der Waals surface area contributed by atoms with Crippen LogP contribution in [-0.4, -0.2) is 35.7 Å². The zero-order valence-electron chi connectivity index (χ0n) is 11.0. The van der Waals surface area contributed by atoms with Crippen LogP contribution < -0.4 is 0 Å². The van der Waals surface area contributed by atoms with Gasteiger partial charge in [-0.3, -0.25) is 4.90 Å². The van der Waals surface area contributed by atoms with E-state index in [2.05, 4.69) is 4.90 Å². The number of hydrogen-bond donors (Lipinski definition) is 1. The Hall–Kier alpha value is -0.0800. The number of aliphatic hydroxyl groups is 1. The van der Waals surface area contributed by atoms with Gasteiger partial charge in [0.15, 0.2) is 0 Å². The van der Waals surface area contributed by atoms with E-state index in [9.17, 15) is 5.11 Å². The summed E-state index contributed by atoms with van der Waals surface area (Å²) in [6.45, 7) is 2.90. The summed E-state index contributed by atoms with van der Waals surface area (Å²) in [6, 6.07) is 0.868. The van der Waals surface area contributed by atoms with Crippen molar-refractivity contribution < 1.29 is 5.11 Å². The van der Waals surface area contributed by atoms with Crippen LogP contribution in [0.25, 0.3) is 0 Å². The smallest absolute Gasteiger partial charge is 0.0499 e. The number of nitrogens with zero attached hydrogens (tertiary/aromatic N) is 1. The third-order valence-electron chi connectivity index (χ3n) is 5.65. The molecule has 0 aromatic heterocycles. The molecule has 17 heavy (non-hydrogen) atoms. The van der Waals surface area contributed by atoms with Gasteiger partial charge in [0.1, 0.15) is 0 Å². The van der Waals surface area contributed by atoms with Gasteiger partial charge in [0.05, 0.1) is 0 Å². The van der Waals surface area contributed by atoms with Gasteiger partial charge in [-0.2, -0.15) is 0 Å². The monoisotopic (exact) mass is 237 g/mol. The van der Waals surface area contributed by atoms with Crippen LogP contribution in [0.2, 0.25) is 0 Å². The van der Waals surface area contributed by atoms with Crippen LogP contribution in [0.1, 0.15) is 57.8 Å². The van der Waals surface area contributed by atoms with Gasteiger partial charge < -0.3 is 5.11 Å². The zero-order valence-corrected chi connectivity index (χ0v) is 11.0. The molecule has 0 spiro atoms.